The number of rotatable bonds is 5. The molecule has 1 saturated carbocycles. The van der Waals surface area contributed by atoms with E-state index in [0.29, 0.717) is 17.0 Å². The lowest BCUT2D eigenvalue weighted by Crippen LogP contribution is -2.28. The SMILES string of the molecule is O=C(NCc1ccc(F)cc1F)c1ccc2cnc(NC3CCC(O)CC3)nc2c1. The lowest BCUT2D eigenvalue weighted by molar-refractivity contribution is 0.0950. The van der Waals surface area contributed by atoms with Crippen LogP contribution in [0.1, 0.15) is 41.6 Å². The van der Waals surface area contributed by atoms with Crippen molar-refractivity contribution in [2.45, 2.75) is 44.4 Å². The highest BCUT2D eigenvalue weighted by atomic mass is 19.1. The van der Waals surface area contributed by atoms with E-state index >= 15 is 0 Å². The number of fused-ring (bicyclic) bond motifs is 1. The second-order valence-electron chi connectivity index (χ2n) is 7.54. The van der Waals surface area contributed by atoms with Gasteiger partial charge in [-0.3, -0.25) is 4.79 Å². The third-order valence-corrected chi connectivity index (χ3v) is 5.33. The maximum atomic E-state index is 13.7. The fourth-order valence-corrected chi connectivity index (χ4v) is 3.58. The lowest BCUT2D eigenvalue weighted by atomic mass is 9.93. The Morgan fingerprint density at radius 1 is 1.10 bits per heavy atom. The van der Waals surface area contributed by atoms with Crippen molar-refractivity contribution < 1.29 is 18.7 Å². The van der Waals surface area contributed by atoms with Gasteiger partial charge >= 0.3 is 0 Å². The number of aliphatic hydroxyl groups excluding tert-OH is 1. The molecular weight excluding hydrogens is 390 g/mol. The molecule has 2 aromatic carbocycles. The van der Waals surface area contributed by atoms with E-state index in [9.17, 15) is 18.7 Å². The van der Waals surface area contributed by atoms with Gasteiger partial charge in [0, 0.05) is 41.4 Å². The number of anilines is 1. The minimum Gasteiger partial charge on any atom is -0.393 e. The van der Waals surface area contributed by atoms with Crippen LogP contribution in [0.25, 0.3) is 10.9 Å². The summed E-state index contributed by atoms with van der Waals surface area (Å²) in [6.45, 7) is -0.0485. The molecule has 30 heavy (non-hydrogen) atoms. The molecule has 1 fully saturated rings. The molecule has 4 rings (SSSR count). The molecule has 3 aromatic rings. The topological polar surface area (TPSA) is 87.1 Å². The summed E-state index contributed by atoms with van der Waals surface area (Å²) in [5, 5.41) is 16.4. The molecule has 0 aliphatic heterocycles. The van der Waals surface area contributed by atoms with E-state index in [1.165, 1.54) is 6.07 Å². The molecule has 0 bridgehead atoms. The first-order valence-electron chi connectivity index (χ1n) is 9.91. The third-order valence-electron chi connectivity index (χ3n) is 5.33. The van der Waals surface area contributed by atoms with Crippen molar-refractivity contribution in [3.05, 3.63) is 65.4 Å². The summed E-state index contributed by atoms with van der Waals surface area (Å²) in [7, 11) is 0. The minimum absolute atomic E-state index is 0.0485. The molecule has 0 unspecified atom stereocenters. The number of benzene rings is 2. The number of amides is 1. The molecule has 8 heteroatoms. The maximum absolute atomic E-state index is 13.7. The van der Waals surface area contributed by atoms with E-state index in [-0.39, 0.29) is 30.2 Å². The summed E-state index contributed by atoms with van der Waals surface area (Å²) in [4.78, 5) is 21.3. The molecule has 1 aliphatic carbocycles. The second-order valence-corrected chi connectivity index (χ2v) is 7.54. The number of hydrogen-bond donors (Lipinski definition) is 3. The fourth-order valence-electron chi connectivity index (χ4n) is 3.58. The summed E-state index contributed by atoms with van der Waals surface area (Å²) < 4.78 is 26.7. The van der Waals surface area contributed by atoms with Gasteiger partial charge in [0.1, 0.15) is 11.6 Å². The Morgan fingerprint density at radius 2 is 1.90 bits per heavy atom. The van der Waals surface area contributed by atoms with Crippen LogP contribution in [0.2, 0.25) is 0 Å². The Kier molecular flexibility index (Phi) is 5.85. The fraction of sp³-hybridized carbons (Fsp3) is 0.318. The van der Waals surface area contributed by atoms with Gasteiger partial charge in [-0.1, -0.05) is 12.1 Å². The molecule has 0 saturated heterocycles. The minimum atomic E-state index is -0.701. The number of carbonyl (C=O) groups excluding carboxylic acids is 1. The first-order chi connectivity index (χ1) is 14.5. The van der Waals surface area contributed by atoms with Crippen LogP contribution < -0.4 is 10.6 Å². The van der Waals surface area contributed by atoms with Gasteiger partial charge in [-0.2, -0.15) is 0 Å². The second kappa shape index (κ2) is 8.71. The standard InChI is InChI=1S/C22H22F2N4O2/c23-16-4-3-14(19(24)10-16)11-25-21(30)13-1-2-15-12-26-22(28-20(15)9-13)27-17-5-7-18(29)8-6-17/h1-4,9-10,12,17-18,29H,5-8,11H2,(H,25,30)(H,26,27,28). The van der Waals surface area contributed by atoms with Gasteiger partial charge in [0.2, 0.25) is 5.95 Å². The molecule has 156 valence electrons. The largest absolute Gasteiger partial charge is 0.393 e. The number of aliphatic hydroxyl groups is 1. The third kappa shape index (κ3) is 4.71. The van der Waals surface area contributed by atoms with Crippen LogP contribution in [0.4, 0.5) is 14.7 Å². The Hall–Kier alpha value is -3.13. The van der Waals surface area contributed by atoms with Crippen molar-refractivity contribution in [2.75, 3.05) is 5.32 Å². The summed E-state index contributed by atoms with van der Waals surface area (Å²) in [5.41, 5.74) is 1.20. The van der Waals surface area contributed by atoms with Crippen LogP contribution in [0.3, 0.4) is 0 Å². The lowest BCUT2D eigenvalue weighted by Gasteiger charge is -2.26. The van der Waals surface area contributed by atoms with Crippen molar-refractivity contribution in [3.63, 3.8) is 0 Å². The highest BCUT2D eigenvalue weighted by Gasteiger charge is 2.20. The quantitative estimate of drug-likeness (QED) is 0.597. The number of hydrogen-bond acceptors (Lipinski definition) is 5. The van der Waals surface area contributed by atoms with Gasteiger partial charge in [-0.25, -0.2) is 18.7 Å². The first-order valence-corrected chi connectivity index (χ1v) is 9.91. The van der Waals surface area contributed by atoms with Crippen molar-refractivity contribution in [2.24, 2.45) is 0 Å². The van der Waals surface area contributed by atoms with Crippen molar-refractivity contribution in [1.29, 1.82) is 0 Å². The van der Waals surface area contributed by atoms with Crippen LogP contribution >= 0.6 is 0 Å². The summed E-state index contributed by atoms with van der Waals surface area (Å²) in [6.07, 6.45) is 4.67. The van der Waals surface area contributed by atoms with Gasteiger partial charge in [0.15, 0.2) is 0 Å². The number of halogens is 2. The van der Waals surface area contributed by atoms with Crippen LogP contribution in [-0.4, -0.2) is 33.1 Å². The molecule has 0 radical (unpaired) electrons. The Bertz CT molecular complexity index is 1070. The number of carbonyl (C=O) groups is 1. The van der Waals surface area contributed by atoms with E-state index in [4.69, 9.17) is 0 Å². The number of nitrogens with zero attached hydrogens (tertiary/aromatic N) is 2. The molecule has 6 nitrogen and oxygen atoms in total. The van der Waals surface area contributed by atoms with E-state index in [2.05, 4.69) is 20.6 Å². The van der Waals surface area contributed by atoms with Crippen LogP contribution in [-0.2, 0) is 6.54 Å². The van der Waals surface area contributed by atoms with Gasteiger partial charge in [0.05, 0.1) is 11.6 Å². The smallest absolute Gasteiger partial charge is 0.251 e. The summed E-state index contributed by atoms with van der Waals surface area (Å²) in [6, 6.07) is 8.52. The summed E-state index contributed by atoms with van der Waals surface area (Å²) >= 11 is 0. The van der Waals surface area contributed by atoms with Gasteiger partial charge in [-0.05, 0) is 43.9 Å². The van der Waals surface area contributed by atoms with E-state index in [1.807, 2.05) is 0 Å². The normalized spacial score (nSPS) is 18.9. The first kappa shape index (κ1) is 20.2. The van der Waals surface area contributed by atoms with E-state index in [1.54, 1.807) is 24.4 Å². The van der Waals surface area contributed by atoms with Gasteiger partial charge in [0.25, 0.3) is 5.91 Å². The molecule has 3 N–H and O–H groups in total. The van der Waals surface area contributed by atoms with Crippen LogP contribution in [0.5, 0.6) is 0 Å². The molecular formula is C22H22F2N4O2. The average molecular weight is 412 g/mol. The van der Waals surface area contributed by atoms with Gasteiger partial charge < -0.3 is 15.7 Å². The molecule has 0 spiro atoms. The number of aromatic nitrogens is 2. The average Bonchev–Trinajstić information content (AvgIpc) is 2.74. The zero-order valence-corrected chi connectivity index (χ0v) is 16.2. The monoisotopic (exact) mass is 412 g/mol. The molecule has 0 atom stereocenters. The predicted octanol–water partition coefficient (Wildman–Crippen LogP) is 3.55. The highest BCUT2D eigenvalue weighted by molar-refractivity contribution is 5.97. The Balaban J connectivity index is 1.45. The predicted molar refractivity (Wildman–Crippen MR) is 109 cm³/mol. The van der Waals surface area contributed by atoms with Crippen molar-refractivity contribution >= 4 is 22.8 Å². The Morgan fingerprint density at radius 3 is 2.67 bits per heavy atom. The van der Waals surface area contributed by atoms with E-state index < -0.39 is 11.6 Å². The molecule has 1 amide bonds. The van der Waals surface area contributed by atoms with Crippen LogP contribution in [0.15, 0.2) is 42.6 Å². The Labute approximate surface area is 172 Å². The van der Waals surface area contributed by atoms with Gasteiger partial charge in [-0.15, -0.1) is 0 Å². The molecule has 1 aliphatic rings. The van der Waals surface area contributed by atoms with E-state index in [0.717, 1.165) is 43.2 Å². The zero-order chi connectivity index (χ0) is 21.1. The van der Waals surface area contributed by atoms with Crippen LogP contribution in [0, 0.1) is 11.6 Å². The molecule has 1 aromatic heterocycles. The highest BCUT2D eigenvalue weighted by Crippen LogP contribution is 2.22. The maximum Gasteiger partial charge on any atom is 0.251 e. The van der Waals surface area contributed by atoms with Crippen molar-refractivity contribution in [3.8, 4) is 0 Å². The number of nitrogens with one attached hydrogen (secondary N) is 2. The van der Waals surface area contributed by atoms with Crippen molar-refractivity contribution in [1.82, 2.24) is 15.3 Å². The zero-order valence-electron chi connectivity index (χ0n) is 16.2. The summed E-state index contributed by atoms with van der Waals surface area (Å²) in [5.74, 6) is -1.26. The molecule has 1 heterocycles.